The summed E-state index contributed by atoms with van der Waals surface area (Å²) in [5.74, 6) is -10.6. The Hall–Kier alpha value is -2.98. The fourth-order valence-corrected chi connectivity index (χ4v) is 5.79. The fourth-order valence-electron chi connectivity index (χ4n) is 4.16. The first-order valence-corrected chi connectivity index (χ1v) is 14.5. The minimum Gasteiger partial charge on any atom is -0.457 e. The summed E-state index contributed by atoms with van der Waals surface area (Å²) in [5.41, 5.74) is -1.26. The summed E-state index contributed by atoms with van der Waals surface area (Å²) in [4.78, 5) is 9.91. The summed E-state index contributed by atoms with van der Waals surface area (Å²) in [7, 11) is -5.47. The Morgan fingerprint density at radius 2 is 1.98 bits per heavy atom. The van der Waals surface area contributed by atoms with Crippen LogP contribution in [0.1, 0.15) is 32.4 Å². The van der Waals surface area contributed by atoms with Crippen molar-refractivity contribution in [1.82, 2.24) is 15.3 Å². The standard InChI is InChI=1S/C24H25F6N5O3S2/c1-3-12-6-11(2)39-22(16-4-5-32-24(34-16)33-14-7-13(25)9-31-10-14)21(12)38-17-8-15(26)20(19(28)18(17)27)35-40(36,37)23(29)30/h4-6,8,12-14,23,31,35H,3,7,9-10H2,1-2H3,(H,32,33,34)/t12?,13-,14-/m0/s1. The molecule has 218 valence electrons. The van der Waals surface area contributed by atoms with Gasteiger partial charge in [-0.2, -0.15) is 13.2 Å². The Kier molecular flexibility index (Phi) is 9.19. The number of hydrogen-bond donors (Lipinski definition) is 3. The second-order valence-electron chi connectivity index (χ2n) is 9.05. The van der Waals surface area contributed by atoms with Crippen LogP contribution < -0.4 is 20.1 Å². The second kappa shape index (κ2) is 12.3. The summed E-state index contributed by atoms with van der Waals surface area (Å²) in [6, 6.07) is 1.65. The summed E-state index contributed by atoms with van der Waals surface area (Å²) in [6.45, 7) is 4.38. The van der Waals surface area contributed by atoms with Gasteiger partial charge in [-0.25, -0.2) is 31.6 Å². The Balaban J connectivity index is 1.71. The monoisotopic (exact) mass is 609 g/mol. The first-order valence-electron chi connectivity index (χ1n) is 12.1. The number of piperidine rings is 1. The van der Waals surface area contributed by atoms with Crippen molar-refractivity contribution in [3.63, 3.8) is 0 Å². The highest BCUT2D eigenvalue weighted by atomic mass is 32.2. The molecule has 0 spiro atoms. The first-order chi connectivity index (χ1) is 18.9. The van der Waals surface area contributed by atoms with Crippen LogP contribution in [-0.4, -0.2) is 49.4 Å². The number of aromatic nitrogens is 2. The van der Waals surface area contributed by atoms with Gasteiger partial charge in [0.1, 0.15) is 17.6 Å². The number of thioether (sulfide) groups is 1. The molecule has 16 heteroatoms. The molecule has 1 aromatic heterocycles. The number of nitrogens with zero attached hydrogens (tertiary/aromatic N) is 2. The molecule has 3 heterocycles. The second-order valence-corrected chi connectivity index (χ2v) is 12.0. The molecule has 1 unspecified atom stereocenters. The van der Waals surface area contributed by atoms with Gasteiger partial charge >= 0.3 is 5.76 Å². The molecule has 3 atom stereocenters. The number of allylic oxidation sites excluding steroid dienone is 2. The van der Waals surface area contributed by atoms with Gasteiger partial charge in [-0.3, -0.25) is 4.72 Å². The summed E-state index contributed by atoms with van der Waals surface area (Å²) in [5, 5.41) is 6.03. The zero-order valence-electron chi connectivity index (χ0n) is 21.2. The molecule has 1 aromatic carbocycles. The van der Waals surface area contributed by atoms with Gasteiger partial charge in [0, 0.05) is 43.7 Å². The maximum Gasteiger partial charge on any atom is 0.355 e. The summed E-state index contributed by atoms with van der Waals surface area (Å²) < 4.78 is 113. The third-order valence-corrected chi connectivity index (χ3v) is 8.07. The maximum absolute atomic E-state index is 15.0. The number of sulfonamides is 1. The summed E-state index contributed by atoms with van der Waals surface area (Å²) >= 11 is 1.21. The molecule has 4 rings (SSSR count). The van der Waals surface area contributed by atoms with E-state index < -0.39 is 56.8 Å². The molecule has 8 nitrogen and oxygen atoms in total. The molecule has 40 heavy (non-hydrogen) atoms. The van der Waals surface area contributed by atoms with Crippen molar-refractivity contribution in [2.45, 2.75) is 44.7 Å². The number of hydrogen-bond acceptors (Lipinski definition) is 8. The quantitative estimate of drug-likeness (QED) is 0.257. The van der Waals surface area contributed by atoms with Gasteiger partial charge in [-0.1, -0.05) is 24.8 Å². The molecule has 0 saturated carbocycles. The van der Waals surface area contributed by atoms with Crippen LogP contribution in [0.3, 0.4) is 0 Å². The Morgan fingerprint density at radius 1 is 1.23 bits per heavy atom. The van der Waals surface area contributed by atoms with Crippen LogP contribution in [-0.2, 0) is 10.0 Å². The Labute approximate surface area is 230 Å². The molecule has 2 aliphatic rings. The third kappa shape index (κ3) is 6.66. The average Bonchev–Trinajstić information content (AvgIpc) is 2.90. The molecule has 0 bridgehead atoms. The van der Waals surface area contributed by atoms with Crippen molar-refractivity contribution in [1.29, 1.82) is 0 Å². The molecule has 2 aromatic rings. The van der Waals surface area contributed by atoms with E-state index in [2.05, 4.69) is 20.6 Å². The van der Waals surface area contributed by atoms with E-state index in [-0.39, 0.29) is 30.7 Å². The van der Waals surface area contributed by atoms with Crippen LogP contribution in [0.5, 0.6) is 5.75 Å². The molecule has 3 N–H and O–H groups in total. The van der Waals surface area contributed by atoms with Gasteiger partial charge in [0.15, 0.2) is 17.4 Å². The van der Waals surface area contributed by atoms with Gasteiger partial charge in [0.2, 0.25) is 11.8 Å². The van der Waals surface area contributed by atoms with Crippen molar-refractivity contribution in [2.75, 3.05) is 23.1 Å². The third-order valence-electron chi connectivity index (χ3n) is 6.04. The average molecular weight is 610 g/mol. The van der Waals surface area contributed by atoms with Gasteiger partial charge in [0.05, 0.1) is 10.6 Å². The van der Waals surface area contributed by atoms with E-state index in [9.17, 15) is 34.8 Å². The molecule has 1 fully saturated rings. The molecule has 0 amide bonds. The van der Waals surface area contributed by atoms with E-state index >= 15 is 0 Å². The minimum atomic E-state index is -5.47. The van der Waals surface area contributed by atoms with Gasteiger partial charge < -0.3 is 15.4 Å². The van der Waals surface area contributed by atoms with Crippen molar-refractivity contribution in [2.24, 2.45) is 5.92 Å². The fraction of sp³-hybridized carbons (Fsp3) is 0.417. The predicted octanol–water partition coefficient (Wildman–Crippen LogP) is 5.39. The molecular weight excluding hydrogens is 584 g/mol. The van der Waals surface area contributed by atoms with E-state index in [0.29, 0.717) is 29.6 Å². The van der Waals surface area contributed by atoms with Gasteiger partial charge in [0.25, 0.3) is 10.0 Å². The van der Waals surface area contributed by atoms with Crippen LogP contribution in [0.25, 0.3) is 4.91 Å². The SMILES string of the molecule is CCC1C=C(C)SC(c2ccnc(N[C@@H]3CNC[C@@H](F)C3)n2)=C1Oc1cc(F)c(NS(=O)(=O)C(F)F)c(F)c1F. The molecule has 0 aliphatic carbocycles. The van der Waals surface area contributed by atoms with Gasteiger partial charge in [-0.05, 0) is 24.3 Å². The molecule has 1 saturated heterocycles. The molecular formula is C24H25F6N5O3S2. The van der Waals surface area contributed by atoms with E-state index in [1.54, 1.807) is 6.07 Å². The number of rotatable bonds is 9. The number of benzene rings is 1. The highest BCUT2D eigenvalue weighted by Crippen LogP contribution is 2.45. The largest absolute Gasteiger partial charge is 0.457 e. The number of nitrogens with one attached hydrogen (secondary N) is 3. The lowest BCUT2D eigenvalue weighted by Crippen LogP contribution is -2.44. The van der Waals surface area contributed by atoms with Crippen LogP contribution in [0.2, 0.25) is 0 Å². The number of anilines is 2. The summed E-state index contributed by atoms with van der Waals surface area (Å²) in [6.07, 6.45) is 2.94. The van der Waals surface area contributed by atoms with Crippen LogP contribution in [0.4, 0.5) is 38.0 Å². The van der Waals surface area contributed by atoms with Crippen molar-refractivity contribution < 1.29 is 39.5 Å². The zero-order valence-corrected chi connectivity index (χ0v) is 22.8. The molecule has 2 aliphatic heterocycles. The van der Waals surface area contributed by atoms with Crippen molar-refractivity contribution in [3.05, 3.63) is 58.2 Å². The molecule has 0 radical (unpaired) electrons. The van der Waals surface area contributed by atoms with Crippen LogP contribution >= 0.6 is 11.8 Å². The highest BCUT2D eigenvalue weighted by Gasteiger charge is 2.32. The Bertz CT molecular complexity index is 1440. The lowest BCUT2D eigenvalue weighted by molar-refractivity contribution is 0.236. The zero-order chi connectivity index (χ0) is 29.2. The number of ether oxygens (including phenoxy) is 1. The van der Waals surface area contributed by atoms with Crippen LogP contribution in [0, 0.1) is 23.4 Å². The highest BCUT2D eigenvalue weighted by molar-refractivity contribution is 8.11. The number of halogens is 6. The lowest BCUT2D eigenvalue weighted by Gasteiger charge is -2.27. The van der Waals surface area contributed by atoms with Crippen molar-refractivity contribution >= 4 is 38.3 Å². The predicted molar refractivity (Wildman–Crippen MR) is 139 cm³/mol. The smallest absolute Gasteiger partial charge is 0.355 e. The minimum absolute atomic E-state index is 0.101. The van der Waals surface area contributed by atoms with E-state index in [0.717, 1.165) is 9.63 Å². The maximum atomic E-state index is 15.0. The van der Waals surface area contributed by atoms with E-state index in [1.165, 1.54) is 18.0 Å². The number of alkyl halides is 3. The van der Waals surface area contributed by atoms with E-state index in [4.69, 9.17) is 4.74 Å². The van der Waals surface area contributed by atoms with E-state index in [1.807, 2.05) is 19.9 Å². The Morgan fingerprint density at radius 3 is 2.65 bits per heavy atom. The van der Waals surface area contributed by atoms with Gasteiger partial charge in [-0.15, -0.1) is 0 Å². The first kappa shape index (κ1) is 30.0. The normalized spacial score (nSPS) is 21.8. The van der Waals surface area contributed by atoms with Crippen molar-refractivity contribution in [3.8, 4) is 5.75 Å². The van der Waals surface area contributed by atoms with Crippen LogP contribution in [0.15, 0.2) is 35.1 Å². The topological polar surface area (TPSA) is 105 Å². The lowest BCUT2D eigenvalue weighted by atomic mass is 10.0.